The van der Waals surface area contributed by atoms with Gasteiger partial charge in [0.2, 0.25) is 0 Å². The molecular formula is C11H11F3N4S2. The number of pyridine rings is 1. The summed E-state index contributed by atoms with van der Waals surface area (Å²) in [4.78, 5) is 8.23. The molecule has 0 aliphatic rings. The number of hydrogen-bond acceptors (Lipinski definition) is 6. The highest BCUT2D eigenvalue weighted by Gasteiger charge is 2.31. The molecule has 0 atom stereocenters. The van der Waals surface area contributed by atoms with Crippen molar-refractivity contribution in [2.24, 2.45) is 0 Å². The molecular weight excluding hydrogens is 309 g/mol. The molecule has 4 nitrogen and oxygen atoms in total. The van der Waals surface area contributed by atoms with Gasteiger partial charge in [0.15, 0.2) is 4.34 Å². The number of aryl methyl sites for hydroxylation is 1. The third kappa shape index (κ3) is 3.83. The Bertz CT molecular complexity index is 598. The molecule has 0 aromatic carbocycles. The fourth-order valence-corrected chi connectivity index (χ4v) is 3.03. The standard InChI is InChI=1S/C11H11F3N4S2/c1-3-15-8-4-7(11(12,13)14)5-9(17-8)19-10-16-6(2)18-20-10/h4-5H,3H2,1-2H3,(H,15,17). The van der Waals surface area contributed by atoms with Gasteiger partial charge in [-0.25, -0.2) is 9.97 Å². The fourth-order valence-electron chi connectivity index (χ4n) is 1.40. The lowest BCUT2D eigenvalue weighted by molar-refractivity contribution is -0.137. The number of rotatable bonds is 4. The van der Waals surface area contributed by atoms with Crippen molar-refractivity contribution in [3.8, 4) is 0 Å². The SMILES string of the molecule is CCNc1cc(C(F)(F)F)cc(Sc2nc(C)ns2)n1. The topological polar surface area (TPSA) is 50.7 Å². The van der Waals surface area contributed by atoms with Crippen molar-refractivity contribution in [1.29, 1.82) is 0 Å². The Kier molecular flexibility index (Phi) is 4.48. The molecule has 20 heavy (non-hydrogen) atoms. The van der Waals surface area contributed by atoms with Gasteiger partial charge in [0.1, 0.15) is 16.7 Å². The molecule has 0 saturated heterocycles. The summed E-state index contributed by atoms with van der Waals surface area (Å²) in [5.41, 5.74) is -0.729. The molecule has 0 amide bonds. The van der Waals surface area contributed by atoms with E-state index in [2.05, 4.69) is 19.7 Å². The quantitative estimate of drug-likeness (QED) is 0.927. The summed E-state index contributed by atoms with van der Waals surface area (Å²) in [6.45, 7) is 4.02. The minimum Gasteiger partial charge on any atom is -0.370 e. The number of nitrogens with zero attached hydrogens (tertiary/aromatic N) is 3. The van der Waals surface area contributed by atoms with E-state index in [0.29, 0.717) is 16.7 Å². The summed E-state index contributed by atoms with van der Waals surface area (Å²) in [6, 6.07) is 2.02. The molecule has 2 aromatic heterocycles. The van der Waals surface area contributed by atoms with Gasteiger partial charge in [0.25, 0.3) is 0 Å². The zero-order valence-electron chi connectivity index (χ0n) is 10.7. The molecule has 108 valence electrons. The minimum atomic E-state index is -4.40. The van der Waals surface area contributed by atoms with E-state index in [9.17, 15) is 13.2 Å². The average molecular weight is 320 g/mol. The third-order valence-electron chi connectivity index (χ3n) is 2.19. The first kappa shape index (κ1) is 15.0. The van der Waals surface area contributed by atoms with E-state index < -0.39 is 11.7 Å². The normalized spacial score (nSPS) is 11.7. The predicted octanol–water partition coefficient (Wildman–Crippen LogP) is 3.84. The summed E-state index contributed by atoms with van der Waals surface area (Å²) >= 11 is 2.21. The van der Waals surface area contributed by atoms with Crippen molar-refractivity contribution in [1.82, 2.24) is 14.3 Å². The molecule has 2 aromatic rings. The molecule has 0 spiro atoms. The van der Waals surface area contributed by atoms with Crippen LogP contribution in [-0.4, -0.2) is 20.9 Å². The van der Waals surface area contributed by atoms with Crippen LogP contribution in [0.1, 0.15) is 18.3 Å². The molecule has 0 bridgehead atoms. The fraction of sp³-hybridized carbons (Fsp3) is 0.364. The smallest absolute Gasteiger partial charge is 0.370 e. The van der Waals surface area contributed by atoms with Crippen LogP contribution in [0.15, 0.2) is 21.5 Å². The number of anilines is 1. The monoisotopic (exact) mass is 320 g/mol. The maximum absolute atomic E-state index is 12.8. The lowest BCUT2D eigenvalue weighted by Crippen LogP contribution is -2.08. The number of nitrogens with one attached hydrogen (secondary N) is 1. The molecule has 0 fully saturated rings. The van der Waals surface area contributed by atoms with Crippen LogP contribution < -0.4 is 5.32 Å². The number of aromatic nitrogens is 3. The lowest BCUT2D eigenvalue weighted by atomic mass is 10.2. The average Bonchev–Trinajstić information content (AvgIpc) is 2.74. The minimum absolute atomic E-state index is 0.200. The second kappa shape index (κ2) is 5.96. The molecule has 0 radical (unpaired) electrons. The number of halogens is 3. The van der Waals surface area contributed by atoms with E-state index in [4.69, 9.17) is 0 Å². The maximum atomic E-state index is 12.8. The van der Waals surface area contributed by atoms with E-state index in [-0.39, 0.29) is 10.8 Å². The molecule has 1 N–H and O–H groups in total. The molecule has 0 unspecified atom stereocenters. The summed E-state index contributed by atoms with van der Waals surface area (Å²) in [7, 11) is 0. The van der Waals surface area contributed by atoms with Crippen LogP contribution >= 0.6 is 23.3 Å². The maximum Gasteiger partial charge on any atom is 0.416 e. The molecule has 0 aliphatic carbocycles. The molecule has 2 rings (SSSR count). The van der Waals surface area contributed by atoms with E-state index in [1.165, 1.54) is 0 Å². The van der Waals surface area contributed by atoms with Gasteiger partial charge in [-0.1, -0.05) is 0 Å². The van der Waals surface area contributed by atoms with Gasteiger partial charge in [0, 0.05) is 6.54 Å². The van der Waals surface area contributed by atoms with E-state index in [0.717, 1.165) is 35.4 Å². The highest BCUT2D eigenvalue weighted by atomic mass is 32.2. The van der Waals surface area contributed by atoms with Gasteiger partial charge in [-0.15, -0.1) is 0 Å². The lowest BCUT2D eigenvalue weighted by Gasteiger charge is -2.11. The second-order valence-electron chi connectivity index (χ2n) is 3.82. The first-order chi connectivity index (χ1) is 9.38. The van der Waals surface area contributed by atoms with Crippen LogP contribution in [-0.2, 0) is 6.18 Å². The molecule has 0 aliphatic heterocycles. The van der Waals surface area contributed by atoms with Crippen molar-refractivity contribution in [2.75, 3.05) is 11.9 Å². The van der Waals surface area contributed by atoms with E-state index in [1.807, 2.05) is 0 Å². The highest BCUT2D eigenvalue weighted by Crippen LogP contribution is 2.35. The van der Waals surface area contributed by atoms with Gasteiger partial charge in [-0.05, 0) is 49.3 Å². The van der Waals surface area contributed by atoms with Crippen LogP contribution in [0.25, 0.3) is 0 Å². The highest BCUT2D eigenvalue weighted by molar-refractivity contribution is 8.00. The Labute approximate surface area is 122 Å². The number of hydrogen-bond donors (Lipinski definition) is 1. The van der Waals surface area contributed by atoms with Crippen molar-refractivity contribution >= 4 is 29.1 Å². The van der Waals surface area contributed by atoms with Crippen LogP contribution in [0.5, 0.6) is 0 Å². The summed E-state index contributed by atoms with van der Waals surface area (Å²) in [6.07, 6.45) is -4.40. The first-order valence-corrected chi connectivity index (χ1v) is 7.29. The Hall–Kier alpha value is -1.35. The van der Waals surface area contributed by atoms with E-state index in [1.54, 1.807) is 13.8 Å². The molecule has 0 saturated carbocycles. The second-order valence-corrected chi connectivity index (χ2v) is 5.84. The summed E-state index contributed by atoms with van der Waals surface area (Å²) in [5, 5.41) is 3.04. The van der Waals surface area contributed by atoms with Gasteiger partial charge in [-0.3, -0.25) is 0 Å². The Morgan fingerprint density at radius 3 is 2.60 bits per heavy atom. The van der Waals surface area contributed by atoms with Crippen LogP contribution in [0.2, 0.25) is 0 Å². The van der Waals surface area contributed by atoms with Crippen LogP contribution in [0, 0.1) is 6.92 Å². The molecule has 2 heterocycles. The summed E-state index contributed by atoms with van der Waals surface area (Å²) < 4.78 is 43.1. The van der Waals surface area contributed by atoms with Crippen molar-refractivity contribution in [2.45, 2.75) is 29.4 Å². The van der Waals surface area contributed by atoms with Crippen LogP contribution in [0.4, 0.5) is 19.0 Å². The van der Waals surface area contributed by atoms with E-state index >= 15 is 0 Å². The van der Waals surface area contributed by atoms with Gasteiger partial charge < -0.3 is 5.32 Å². The van der Waals surface area contributed by atoms with Crippen LogP contribution in [0.3, 0.4) is 0 Å². The predicted molar refractivity (Wildman–Crippen MR) is 72.2 cm³/mol. The van der Waals surface area contributed by atoms with Gasteiger partial charge >= 0.3 is 6.18 Å². The first-order valence-electron chi connectivity index (χ1n) is 5.70. The largest absolute Gasteiger partial charge is 0.416 e. The Morgan fingerprint density at radius 1 is 1.30 bits per heavy atom. The van der Waals surface area contributed by atoms with Gasteiger partial charge in [0.05, 0.1) is 5.56 Å². The Morgan fingerprint density at radius 2 is 2.05 bits per heavy atom. The summed E-state index contributed by atoms with van der Waals surface area (Å²) in [5.74, 6) is 0.794. The van der Waals surface area contributed by atoms with Crippen molar-refractivity contribution in [3.63, 3.8) is 0 Å². The number of alkyl halides is 3. The zero-order chi connectivity index (χ0) is 14.8. The zero-order valence-corrected chi connectivity index (χ0v) is 12.3. The molecule has 9 heteroatoms. The van der Waals surface area contributed by atoms with Crippen molar-refractivity contribution < 1.29 is 13.2 Å². The third-order valence-corrected chi connectivity index (χ3v) is 3.95. The van der Waals surface area contributed by atoms with Crippen molar-refractivity contribution in [3.05, 3.63) is 23.5 Å². The Balaban J connectivity index is 2.33. The van der Waals surface area contributed by atoms with Gasteiger partial charge in [-0.2, -0.15) is 17.5 Å².